The van der Waals surface area contributed by atoms with E-state index in [1.54, 1.807) is 0 Å². The summed E-state index contributed by atoms with van der Waals surface area (Å²) in [5, 5.41) is 6.89. The third-order valence-corrected chi connectivity index (χ3v) is 6.05. The lowest BCUT2D eigenvalue weighted by molar-refractivity contribution is -0.135. The molecule has 7 heteroatoms. The van der Waals surface area contributed by atoms with E-state index in [9.17, 15) is 4.79 Å². The zero-order chi connectivity index (χ0) is 17.3. The van der Waals surface area contributed by atoms with Crippen molar-refractivity contribution < 1.29 is 9.53 Å². The number of aromatic nitrogens is 2. The number of carbonyl (C=O) groups is 1. The Hall–Kier alpha value is -1.44. The topological polar surface area (TPSA) is 64.7 Å². The number of likely N-dealkylation sites (tertiary alicyclic amines) is 3. The van der Waals surface area contributed by atoms with Gasteiger partial charge in [0.05, 0.1) is 12.8 Å². The molecule has 3 aliphatic heterocycles. The molecule has 25 heavy (non-hydrogen) atoms. The second kappa shape index (κ2) is 7.05. The van der Waals surface area contributed by atoms with Gasteiger partial charge in [-0.3, -0.25) is 19.7 Å². The predicted molar refractivity (Wildman–Crippen MR) is 94.0 cm³/mol. The zero-order valence-electron chi connectivity index (χ0n) is 15.1. The van der Waals surface area contributed by atoms with Crippen LogP contribution in [0.5, 0.6) is 0 Å². The van der Waals surface area contributed by atoms with Crippen LogP contribution in [0.1, 0.15) is 24.8 Å². The van der Waals surface area contributed by atoms with Gasteiger partial charge in [0.2, 0.25) is 5.91 Å². The molecule has 1 amide bonds. The summed E-state index contributed by atoms with van der Waals surface area (Å²) in [6, 6.07) is 0. The van der Waals surface area contributed by atoms with Crippen LogP contribution in [0.2, 0.25) is 0 Å². The summed E-state index contributed by atoms with van der Waals surface area (Å²) in [6.07, 6.45) is 7.31. The Labute approximate surface area is 149 Å². The van der Waals surface area contributed by atoms with Gasteiger partial charge in [-0.05, 0) is 32.2 Å². The van der Waals surface area contributed by atoms with E-state index in [-0.39, 0.29) is 12.5 Å². The van der Waals surface area contributed by atoms with Crippen molar-refractivity contribution in [3.05, 3.63) is 18.0 Å². The fourth-order valence-electron chi connectivity index (χ4n) is 4.71. The first-order valence-corrected chi connectivity index (χ1v) is 9.41. The molecule has 3 aliphatic rings. The molecule has 0 radical (unpaired) electrons. The van der Waals surface area contributed by atoms with Crippen LogP contribution in [0.3, 0.4) is 0 Å². The first kappa shape index (κ1) is 17.0. The summed E-state index contributed by atoms with van der Waals surface area (Å²) in [7, 11) is 2.23. The van der Waals surface area contributed by atoms with Crippen molar-refractivity contribution in [1.82, 2.24) is 24.9 Å². The lowest BCUT2D eigenvalue weighted by atomic mass is 9.84. The smallest absolute Gasteiger partial charge is 0.248 e. The third-order valence-electron chi connectivity index (χ3n) is 6.05. The SMILES string of the molecule is CN1C[C@H](COCC(=O)N2CCCC2)CC12CN(Cc1cn[nH]c1)C2. The minimum absolute atomic E-state index is 0.161. The highest BCUT2D eigenvalue weighted by atomic mass is 16.5. The molecule has 0 saturated carbocycles. The number of amides is 1. The molecule has 0 bridgehead atoms. The molecule has 0 aromatic carbocycles. The van der Waals surface area contributed by atoms with Gasteiger partial charge in [-0.1, -0.05) is 0 Å². The van der Waals surface area contributed by atoms with Crippen molar-refractivity contribution in [2.75, 3.05) is 53.0 Å². The second-order valence-corrected chi connectivity index (χ2v) is 8.03. The van der Waals surface area contributed by atoms with E-state index >= 15 is 0 Å². The van der Waals surface area contributed by atoms with E-state index in [1.807, 2.05) is 17.3 Å². The first-order chi connectivity index (χ1) is 12.1. The van der Waals surface area contributed by atoms with Crippen molar-refractivity contribution in [3.8, 4) is 0 Å². The lowest BCUT2D eigenvalue weighted by Gasteiger charge is -2.52. The zero-order valence-corrected chi connectivity index (χ0v) is 15.1. The van der Waals surface area contributed by atoms with Gasteiger partial charge in [0.25, 0.3) is 0 Å². The molecule has 138 valence electrons. The Morgan fingerprint density at radius 1 is 1.40 bits per heavy atom. The fourth-order valence-corrected chi connectivity index (χ4v) is 4.71. The number of likely N-dealkylation sites (N-methyl/N-ethyl adjacent to an activating group) is 1. The summed E-state index contributed by atoms with van der Waals surface area (Å²) in [5.41, 5.74) is 1.55. The van der Waals surface area contributed by atoms with E-state index in [2.05, 4.69) is 27.0 Å². The van der Waals surface area contributed by atoms with Crippen molar-refractivity contribution in [2.24, 2.45) is 5.92 Å². The molecule has 0 aliphatic carbocycles. The molecule has 4 heterocycles. The molecular formula is C18H29N5O2. The van der Waals surface area contributed by atoms with Gasteiger partial charge in [-0.2, -0.15) is 5.10 Å². The number of hydrogen-bond acceptors (Lipinski definition) is 5. The van der Waals surface area contributed by atoms with Gasteiger partial charge in [-0.25, -0.2) is 0 Å². The summed E-state index contributed by atoms with van der Waals surface area (Å²) < 4.78 is 5.77. The minimum atomic E-state index is 0.161. The summed E-state index contributed by atoms with van der Waals surface area (Å²) in [4.78, 5) is 19.0. The molecule has 4 rings (SSSR count). The Balaban J connectivity index is 1.19. The minimum Gasteiger partial charge on any atom is -0.371 e. The van der Waals surface area contributed by atoms with Gasteiger partial charge in [0.1, 0.15) is 6.61 Å². The number of rotatable bonds is 6. The van der Waals surface area contributed by atoms with Crippen LogP contribution in [0.4, 0.5) is 0 Å². The molecule has 7 nitrogen and oxygen atoms in total. The maximum Gasteiger partial charge on any atom is 0.248 e. The van der Waals surface area contributed by atoms with Crippen LogP contribution >= 0.6 is 0 Å². The molecule has 0 unspecified atom stereocenters. The Morgan fingerprint density at radius 2 is 2.20 bits per heavy atom. The van der Waals surface area contributed by atoms with Gasteiger partial charge >= 0.3 is 0 Å². The average molecular weight is 347 g/mol. The van der Waals surface area contributed by atoms with Crippen LogP contribution < -0.4 is 0 Å². The Morgan fingerprint density at radius 3 is 2.92 bits per heavy atom. The number of H-pyrrole nitrogens is 1. The van der Waals surface area contributed by atoms with Crippen molar-refractivity contribution in [3.63, 3.8) is 0 Å². The van der Waals surface area contributed by atoms with E-state index in [0.29, 0.717) is 18.1 Å². The van der Waals surface area contributed by atoms with Crippen molar-refractivity contribution >= 4 is 5.91 Å². The molecule has 1 spiro atoms. The summed E-state index contributed by atoms with van der Waals surface area (Å²) in [6.45, 7) is 7.02. The normalized spacial score (nSPS) is 26.4. The summed E-state index contributed by atoms with van der Waals surface area (Å²) in [5.74, 6) is 0.695. The van der Waals surface area contributed by atoms with E-state index in [4.69, 9.17) is 4.74 Å². The van der Waals surface area contributed by atoms with Crippen LogP contribution in [0.15, 0.2) is 12.4 Å². The monoisotopic (exact) mass is 347 g/mol. The molecule has 1 aromatic rings. The quantitative estimate of drug-likeness (QED) is 0.814. The highest BCUT2D eigenvalue weighted by molar-refractivity contribution is 5.77. The van der Waals surface area contributed by atoms with Crippen LogP contribution in [0, 0.1) is 5.92 Å². The highest BCUT2D eigenvalue weighted by Crippen LogP contribution is 2.39. The number of hydrogen-bond donors (Lipinski definition) is 1. The standard InChI is InChI=1S/C18H29N5O2/c1-21-9-15(11-25-12-17(24)23-4-2-3-5-23)6-18(21)13-22(14-18)10-16-7-19-20-8-16/h7-8,15H,2-6,9-14H2,1H3,(H,19,20)/t15-/m1/s1. The molecule has 3 fully saturated rings. The van der Waals surface area contributed by atoms with E-state index < -0.39 is 0 Å². The third kappa shape index (κ3) is 3.59. The maximum absolute atomic E-state index is 12.0. The highest BCUT2D eigenvalue weighted by Gasteiger charge is 2.51. The molecule has 3 saturated heterocycles. The first-order valence-electron chi connectivity index (χ1n) is 9.41. The molecule has 1 N–H and O–H groups in total. The van der Waals surface area contributed by atoms with Gasteiger partial charge < -0.3 is 9.64 Å². The summed E-state index contributed by atoms with van der Waals surface area (Å²) >= 11 is 0. The Kier molecular flexibility index (Phi) is 4.80. The van der Waals surface area contributed by atoms with Crippen LogP contribution in [-0.4, -0.2) is 89.3 Å². The number of carbonyl (C=O) groups excluding carboxylic acids is 1. The van der Waals surface area contributed by atoms with Crippen molar-refractivity contribution in [2.45, 2.75) is 31.3 Å². The molecule has 1 aromatic heterocycles. The average Bonchev–Trinajstić information content (AvgIpc) is 3.28. The number of nitrogens with one attached hydrogen (secondary N) is 1. The second-order valence-electron chi connectivity index (χ2n) is 8.03. The predicted octanol–water partition coefficient (Wildman–Crippen LogP) is 0.555. The fraction of sp³-hybridized carbons (Fsp3) is 0.778. The van der Waals surface area contributed by atoms with Gasteiger partial charge in [0.15, 0.2) is 0 Å². The molecular weight excluding hydrogens is 318 g/mol. The van der Waals surface area contributed by atoms with E-state index in [0.717, 1.165) is 52.1 Å². The maximum atomic E-state index is 12.0. The lowest BCUT2D eigenvalue weighted by Crippen LogP contribution is -2.66. The van der Waals surface area contributed by atoms with Crippen LogP contribution in [0.25, 0.3) is 0 Å². The number of aromatic amines is 1. The van der Waals surface area contributed by atoms with Gasteiger partial charge in [-0.15, -0.1) is 0 Å². The largest absolute Gasteiger partial charge is 0.371 e. The van der Waals surface area contributed by atoms with Gasteiger partial charge in [0, 0.05) is 56.6 Å². The van der Waals surface area contributed by atoms with Crippen molar-refractivity contribution in [1.29, 1.82) is 0 Å². The Bertz CT molecular complexity index is 578. The molecule has 1 atom stereocenters. The number of nitrogens with zero attached hydrogens (tertiary/aromatic N) is 4. The number of ether oxygens (including phenoxy) is 1. The van der Waals surface area contributed by atoms with Crippen LogP contribution in [-0.2, 0) is 16.1 Å². The van der Waals surface area contributed by atoms with E-state index in [1.165, 1.54) is 12.0 Å².